The van der Waals surface area contributed by atoms with Gasteiger partial charge in [-0.2, -0.15) is 16.8 Å². The Balaban J connectivity index is 1.59. The first-order chi connectivity index (χ1) is 22.0. The van der Waals surface area contributed by atoms with Crippen molar-refractivity contribution in [3.8, 4) is 0 Å². The van der Waals surface area contributed by atoms with E-state index in [4.69, 9.17) is 5.11 Å². The van der Waals surface area contributed by atoms with Crippen molar-refractivity contribution in [2.45, 2.75) is 74.1 Å². The molecule has 47 heavy (non-hydrogen) atoms. The number of unbranched alkanes of at least 4 members (excludes halogenated alkanes) is 2. The lowest BCUT2D eigenvalue weighted by Crippen LogP contribution is -2.74. The van der Waals surface area contributed by atoms with E-state index in [0.717, 1.165) is 82.7 Å². The van der Waals surface area contributed by atoms with Gasteiger partial charge in [-0.15, -0.1) is 0 Å². The van der Waals surface area contributed by atoms with Crippen LogP contribution in [0.15, 0.2) is 58.3 Å². The highest BCUT2D eigenvalue weighted by atomic mass is 32.2. The molecule has 11 nitrogen and oxygen atoms in total. The first kappa shape index (κ1) is 34.6. The third-order valence-corrected chi connectivity index (χ3v) is 11.0. The zero-order valence-corrected chi connectivity index (χ0v) is 28.7. The molecule has 1 heterocycles. The second kappa shape index (κ2) is 13.0. The largest absolute Gasteiger partial charge is 0.481 e. The number of hydrogen-bond donors (Lipinski definition) is 4. The Labute approximate surface area is 276 Å². The van der Waals surface area contributed by atoms with Crippen LogP contribution < -0.4 is 14.8 Å². The molecule has 1 aliphatic heterocycles. The third-order valence-electron chi connectivity index (χ3n) is 9.18. The van der Waals surface area contributed by atoms with Gasteiger partial charge in [-0.1, -0.05) is 19.9 Å². The van der Waals surface area contributed by atoms with Crippen LogP contribution in [0.5, 0.6) is 0 Å². The Morgan fingerprint density at radius 3 is 2.30 bits per heavy atom. The number of hydrogen-bond acceptors (Lipinski definition) is 7. The zero-order valence-electron chi connectivity index (χ0n) is 27.1. The highest BCUT2D eigenvalue weighted by Crippen LogP contribution is 2.45. The number of fused-ring (bicyclic) bond motifs is 3. The Morgan fingerprint density at radius 2 is 1.64 bits per heavy atom. The molecule has 1 aliphatic carbocycles. The SMILES string of the molecule is CN(C)c1ccc2c(c1)C(C)(C)c1cc3c(cc1C2=[NH+]CCCCCC(=O)O)CCCN3Cc1ccc(S(=O)(=O)O)cc1S(=O)(=O)O. The Bertz CT molecular complexity index is 1970. The maximum Gasteiger partial charge on any atom is 0.303 e. The van der Waals surface area contributed by atoms with Crippen LogP contribution in [0.4, 0.5) is 11.4 Å². The summed E-state index contributed by atoms with van der Waals surface area (Å²) < 4.78 is 67.5. The maximum atomic E-state index is 12.3. The lowest BCUT2D eigenvalue weighted by atomic mass is 9.67. The molecular weight excluding hydrogens is 643 g/mol. The van der Waals surface area contributed by atoms with Gasteiger partial charge in [-0.3, -0.25) is 13.9 Å². The monoisotopic (exact) mass is 684 g/mol. The van der Waals surface area contributed by atoms with E-state index < -0.39 is 41.4 Å². The second-order valence-corrected chi connectivity index (χ2v) is 15.8. The van der Waals surface area contributed by atoms with Crippen LogP contribution in [0.1, 0.15) is 79.3 Å². The molecule has 4 N–H and O–H groups in total. The van der Waals surface area contributed by atoms with E-state index in [1.54, 1.807) is 0 Å². The van der Waals surface area contributed by atoms with Crippen molar-refractivity contribution in [3.63, 3.8) is 0 Å². The van der Waals surface area contributed by atoms with Crippen LogP contribution in [0.3, 0.4) is 0 Å². The van der Waals surface area contributed by atoms with E-state index in [-0.39, 0.29) is 18.5 Å². The molecule has 0 bridgehead atoms. The van der Waals surface area contributed by atoms with Crippen LogP contribution in [-0.4, -0.2) is 69.9 Å². The maximum absolute atomic E-state index is 12.3. The van der Waals surface area contributed by atoms with Gasteiger partial charge in [-0.25, -0.2) is 4.99 Å². The summed E-state index contributed by atoms with van der Waals surface area (Å²) in [6.45, 7) is 5.78. The Hall–Kier alpha value is -3.78. The van der Waals surface area contributed by atoms with Crippen LogP contribution in [0.25, 0.3) is 0 Å². The van der Waals surface area contributed by atoms with Crippen molar-refractivity contribution in [1.82, 2.24) is 0 Å². The van der Waals surface area contributed by atoms with Gasteiger partial charge in [-0.05, 0) is 90.4 Å². The van der Waals surface area contributed by atoms with Crippen molar-refractivity contribution in [3.05, 3.63) is 81.9 Å². The van der Waals surface area contributed by atoms with Crippen LogP contribution in [0.2, 0.25) is 0 Å². The van der Waals surface area contributed by atoms with Gasteiger partial charge in [0.2, 0.25) is 5.71 Å². The molecule has 0 amide bonds. The molecule has 2 aliphatic rings. The third kappa shape index (κ3) is 7.23. The van der Waals surface area contributed by atoms with Gasteiger partial charge in [0.05, 0.1) is 16.0 Å². The van der Waals surface area contributed by atoms with E-state index in [9.17, 15) is 30.7 Å². The average Bonchev–Trinajstić information content (AvgIpc) is 2.98. The summed E-state index contributed by atoms with van der Waals surface area (Å²) in [5, 5.41) is 8.99. The lowest BCUT2D eigenvalue weighted by Gasteiger charge is -2.38. The number of benzene rings is 3. The number of aryl methyl sites for hydroxylation is 1. The van der Waals surface area contributed by atoms with Crippen LogP contribution in [-0.2, 0) is 43.4 Å². The number of aliphatic carboxylic acids is 1. The van der Waals surface area contributed by atoms with Crippen LogP contribution >= 0.6 is 0 Å². The van der Waals surface area contributed by atoms with Gasteiger partial charge in [0.25, 0.3) is 20.2 Å². The van der Waals surface area contributed by atoms with Gasteiger partial charge < -0.3 is 14.9 Å². The smallest absolute Gasteiger partial charge is 0.303 e. The molecule has 0 spiro atoms. The molecule has 0 atom stereocenters. The molecule has 0 fully saturated rings. The number of anilines is 2. The standard InChI is InChI=1S/C34H41N3O8S2/c1-34(2)28-18-24(36(3)4)12-14-26(28)33(35-15-7-5-6-10-32(38)39)27-17-22-9-8-16-37(30(22)20-29(27)34)21-23-11-13-25(46(40,41)42)19-31(23)47(43,44)45/h11-14,17-20H,5-10,15-16,21H2,1-4H3,(H,38,39)(H,40,41,42)(H,43,44,45)/p+1. The van der Waals surface area contributed by atoms with Gasteiger partial charge in [0.1, 0.15) is 11.4 Å². The van der Waals surface area contributed by atoms with Crippen molar-refractivity contribution in [2.24, 2.45) is 0 Å². The highest BCUT2D eigenvalue weighted by molar-refractivity contribution is 7.86. The van der Waals surface area contributed by atoms with Crippen LogP contribution in [0, 0.1) is 0 Å². The minimum Gasteiger partial charge on any atom is -0.481 e. The minimum absolute atomic E-state index is 0.0968. The number of carboxylic acid groups (broad SMARTS) is 1. The fourth-order valence-electron chi connectivity index (χ4n) is 6.69. The Morgan fingerprint density at radius 1 is 0.915 bits per heavy atom. The summed E-state index contributed by atoms with van der Waals surface area (Å²) in [4.78, 5) is 17.6. The number of carbonyl (C=O) groups is 1. The summed E-state index contributed by atoms with van der Waals surface area (Å²) in [5.74, 6) is -0.787. The highest BCUT2D eigenvalue weighted by Gasteiger charge is 2.40. The van der Waals surface area contributed by atoms with Gasteiger partial charge in [0.15, 0.2) is 0 Å². The lowest BCUT2D eigenvalue weighted by molar-refractivity contribution is -0.456. The zero-order chi connectivity index (χ0) is 34.3. The van der Waals surface area contributed by atoms with Crippen molar-refractivity contribution in [1.29, 1.82) is 0 Å². The molecule has 0 saturated heterocycles. The predicted molar refractivity (Wildman–Crippen MR) is 180 cm³/mol. The summed E-state index contributed by atoms with van der Waals surface area (Å²) in [6, 6.07) is 14.1. The molecule has 252 valence electrons. The molecule has 3 aromatic carbocycles. The summed E-state index contributed by atoms with van der Waals surface area (Å²) >= 11 is 0. The van der Waals surface area contributed by atoms with E-state index in [1.165, 1.54) is 6.07 Å². The van der Waals surface area contributed by atoms with Crippen molar-refractivity contribution in [2.75, 3.05) is 37.0 Å². The number of rotatable bonds is 11. The predicted octanol–water partition coefficient (Wildman–Crippen LogP) is 3.40. The minimum atomic E-state index is -4.80. The fourth-order valence-corrected chi connectivity index (χ4v) is 8.01. The quantitative estimate of drug-likeness (QED) is 0.174. The molecular formula is C34H42N3O8S2+. The van der Waals surface area contributed by atoms with Crippen molar-refractivity contribution < 1.29 is 40.8 Å². The first-order valence-corrected chi connectivity index (χ1v) is 18.5. The molecule has 13 heteroatoms. The van der Waals surface area contributed by atoms with E-state index >= 15 is 0 Å². The van der Waals surface area contributed by atoms with E-state index in [2.05, 4.69) is 54.1 Å². The molecule has 0 radical (unpaired) electrons. The first-order valence-electron chi connectivity index (χ1n) is 15.6. The average molecular weight is 685 g/mol. The molecule has 0 aromatic heterocycles. The molecule has 3 aromatic rings. The van der Waals surface area contributed by atoms with E-state index in [0.29, 0.717) is 19.5 Å². The van der Waals surface area contributed by atoms with Gasteiger partial charge in [0, 0.05) is 56.8 Å². The number of nitrogens with zero attached hydrogens (tertiary/aromatic N) is 2. The van der Waals surface area contributed by atoms with E-state index in [1.807, 2.05) is 19.0 Å². The Kier molecular flexibility index (Phi) is 9.57. The summed E-state index contributed by atoms with van der Waals surface area (Å²) in [6.07, 6.45) is 4.01. The normalized spacial score (nSPS) is 16.4. The summed E-state index contributed by atoms with van der Waals surface area (Å²) in [5.41, 5.74) is 8.36. The van der Waals surface area contributed by atoms with Gasteiger partial charge >= 0.3 is 5.97 Å². The number of nitrogens with one attached hydrogen (secondary N) is 1. The van der Waals surface area contributed by atoms with Crippen molar-refractivity contribution >= 4 is 43.3 Å². The fraction of sp³-hybridized carbons (Fsp3) is 0.412. The molecule has 0 saturated carbocycles. The number of carboxylic acids is 1. The topological polar surface area (TPSA) is 166 Å². The second-order valence-electron chi connectivity index (χ2n) is 13.0. The summed E-state index contributed by atoms with van der Waals surface area (Å²) in [7, 11) is -5.47. The molecule has 5 rings (SSSR count). The molecule has 0 unspecified atom stereocenters.